The quantitative estimate of drug-likeness (QED) is 0.724. The number of benzene rings is 1. The number of aliphatic carboxylic acids is 1. The van der Waals surface area contributed by atoms with Gasteiger partial charge in [-0.3, -0.25) is 4.79 Å². The zero-order chi connectivity index (χ0) is 15.3. The van der Waals surface area contributed by atoms with Gasteiger partial charge in [0.15, 0.2) is 0 Å². The van der Waals surface area contributed by atoms with Gasteiger partial charge in [-0.15, -0.1) is 0 Å². The fraction of sp³-hybridized carbons (Fsp3) is 0.562. The number of thioether (sulfide) groups is 1. The van der Waals surface area contributed by atoms with E-state index in [1.807, 2.05) is 24.3 Å². The van der Waals surface area contributed by atoms with Crippen molar-refractivity contribution < 1.29 is 9.90 Å². The normalized spacial score (nSPS) is 17.4. The van der Waals surface area contributed by atoms with E-state index in [1.54, 1.807) is 11.8 Å². The van der Waals surface area contributed by atoms with E-state index < -0.39 is 11.5 Å². The van der Waals surface area contributed by atoms with Crippen LogP contribution in [-0.4, -0.2) is 28.9 Å². The Morgan fingerprint density at radius 1 is 1.43 bits per heavy atom. The number of nitrogens with one attached hydrogen (secondary N) is 1. The Balaban J connectivity index is 1.95. The molecule has 116 valence electrons. The number of carboxylic acids is 1. The molecule has 1 aromatic rings. The maximum absolute atomic E-state index is 11.8. The van der Waals surface area contributed by atoms with E-state index in [2.05, 4.69) is 12.2 Å². The maximum Gasteiger partial charge on any atom is 0.325 e. The summed E-state index contributed by atoms with van der Waals surface area (Å²) in [6, 6.07) is 7.74. The van der Waals surface area contributed by atoms with Gasteiger partial charge in [-0.1, -0.05) is 30.7 Å². The SMILES string of the molecule is CCCNC(CSCc1ccc(Cl)cc1)(C(=O)O)C1CC1. The predicted octanol–water partition coefficient (Wildman–Crippen LogP) is 3.81. The molecule has 1 aliphatic rings. The Morgan fingerprint density at radius 3 is 2.62 bits per heavy atom. The van der Waals surface area contributed by atoms with Crippen molar-refractivity contribution in [3.8, 4) is 0 Å². The van der Waals surface area contributed by atoms with Gasteiger partial charge in [-0.25, -0.2) is 0 Å². The monoisotopic (exact) mass is 327 g/mol. The molecule has 3 nitrogen and oxygen atoms in total. The van der Waals surface area contributed by atoms with Gasteiger partial charge in [-0.2, -0.15) is 11.8 Å². The first-order chi connectivity index (χ1) is 10.1. The molecule has 1 aromatic carbocycles. The van der Waals surface area contributed by atoms with E-state index in [4.69, 9.17) is 11.6 Å². The second kappa shape index (κ2) is 7.52. The third-order valence-electron chi connectivity index (χ3n) is 3.86. The van der Waals surface area contributed by atoms with Crippen molar-refractivity contribution in [1.29, 1.82) is 0 Å². The smallest absolute Gasteiger partial charge is 0.325 e. The summed E-state index contributed by atoms with van der Waals surface area (Å²) in [5, 5.41) is 13.7. The van der Waals surface area contributed by atoms with Crippen molar-refractivity contribution in [2.45, 2.75) is 37.5 Å². The highest BCUT2D eigenvalue weighted by molar-refractivity contribution is 7.98. The molecule has 21 heavy (non-hydrogen) atoms. The fourth-order valence-corrected chi connectivity index (χ4v) is 3.90. The zero-order valence-corrected chi connectivity index (χ0v) is 13.8. The number of halogens is 1. The van der Waals surface area contributed by atoms with Gasteiger partial charge >= 0.3 is 5.97 Å². The summed E-state index contributed by atoms with van der Waals surface area (Å²) in [5.74, 6) is 0.990. The molecular weight excluding hydrogens is 306 g/mol. The third-order valence-corrected chi connectivity index (χ3v) is 5.31. The maximum atomic E-state index is 11.8. The van der Waals surface area contributed by atoms with Crippen LogP contribution in [-0.2, 0) is 10.5 Å². The van der Waals surface area contributed by atoms with Crippen molar-refractivity contribution in [2.24, 2.45) is 5.92 Å². The first kappa shape index (κ1) is 16.7. The minimum Gasteiger partial charge on any atom is -0.480 e. The molecule has 1 atom stereocenters. The summed E-state index contributed by atoms with van der Waals surface area (Å²) >= 11 is 7.55. The summed E-state index contributed by atoms with van der Waals surface area (Å²) in [6.45, 7) is 2.82. The number of hydrogen-bond donors (Lipinski definition) is 2. The van der Waals surface area contributed by atoms with Crippen LogP contribution in [0.3, 0.4) is 0 Å². The summed E-state index contributed by atoms with van der Waals surface area (Å²) in [6.07, 6.45) is 2.98. The molecule has 0 saturated heterocycles. The lowest BCUT2D eigenvalue weighted by atomic mass is 9.95. The van der Waals surface area contributed by atoms with Crippen LogP contribution in [0.5, 0.6) is 0 Å². The van der Waals surface area contributed by atoms with E-state index in [-0.39, 0.29) is 5.92 Å². The lowest BCUT2D eigenvalue weighted by Crippen LogP contribution is -2.56. The molecule has 1 fully saturated rings. The van der Waals surface area contributed by atoms with Gasteiger partial charge in [0.25, 0.3) is 0 Å². The molecule has 0 aromatic heterocycles. The van der Waals surface area contributed by atoms with Gasteiger partial charge in [0.2, 0.25) is 0 Å². The molecule has 5 heteroatoms. The largest absolute Gasteiger partial charge is 0.480 e. The number of carboxylic acid groups (broad SMARTS) is 1. The van der Waals surface area contributed by atoms with Crippen LogP contribution in [0, 0.1) is 5.92 Å². The average Bonchev–Trinajstić information content (AvgIpc) is 3.29. The average molecular weight is 328 g/mol. The van der Waals surface area contributed by atoms with E-state index in [9.17, 15) is 9.90 Å². The van der Waals surface area contributed by atoms with E-state index in [0.29, 0.717) is 5.75 Å². The van der Waals surface area contributed by atoms with Gasteiger partial charge in [0.1, 0.15) is 5.54 Å². The number of carbonyl (C=O) groups is 1. The Kier molecular flexibility index (Phi) is 5.97. The highest BCUT2D eigenvalue weighted by Crippen LogP contribution is 2.42. The van der Waals surface area contributed by atoms with Gasteiger partial charge < -0.3 is 10.4 Å². The lowest BCUT2D eigenvalue weighted by molar-refractivity contribution is -0.144. The van der Waals surface area contributed by atoms with Gasteiger partial charge in [0.05, 0.1) is 0 Å². The lowest BCUT2D eigenvalue weighted by Gasteiger charge is -2.30. The van der Waals surface area contributed by atoms with Crippen molar-refractivity contribution in [2.75, 3.05) is 12.3 Å². The Bertz CT molecular complexity index is 476. The van der Waals surface area contributed by atoms with E-state index in [1.165, 1.54) is 5.56 Å². The third kappa shape index (κ3) is 4.38. The molecule has 1 aliphatic carbocycles. The van der Waals surface area contributed by atoms with Crippen LogP contribution in [0.2, 0.25) is 5.02 Å². The van der Waals surface area contributed by atoms with Gasteiger partial charge in [-0.05, 0) is 49.4 Å². The highest BCUT2D eigenvalue weighted by Gasteiger charge is 2.50. The van der Waals surface area contributed by atoms with Crippen LogP contribution in [0.4, 0.5) is 0 Å². The summed E-state index contributed by atoms with van der Waals surface area (Å²) < 4.78 is 0. The van der Waals surface area contributed by atoms with Crippen LogP contribution in [0.25, 0.3) is 0 Å². The molecule has 0 bridgehead atoms. The highest BCUT2D eigenvalue weighted by atomic mass is 35.5. The number of hydrogen-bond acceptors (Lipinski definition) is 3. The van der Waals surface area contributed by atoms with Crippen LogP contribution in [0.1, 0.15) is 31.7 Å². The Labute approximate surface area is 135 Å². The summed E-state index contributed by atoms with van der Waals surface area (Å²) in [7, 11) is 0. The molecule has 1 saturated carbocycles. The van der Waals surface area contributed by atoms with Crippen molar-refractivity contribution in [3.05, 3.63) is 34.9 Å². The Hall–Kier alpha value is -0.710. The zero-order valence-electron chi connectivity index (χ0n) is 12.3. The number of rotatable bonds is 9. The molecule has 2 N–H and O–H groups in total. The molecule has 0 radical (unpaired) electrons. The summed E-state index contributed by atoms with van der Waals surface area (Å²) in [4.78, 5) is 11.8. The van der Waals surface area contributed by atoms with E-state index >= 15 is 0 Å². The molecule has 1 unspecified atom stereocenters. The second-order valence-corrected chi connectivity index (χ2v) is 7.02. The fourth-order valence-electron chi connectivity index (χ4n) is 2.46. The molecule has 0 heterocycles. The topological polar surface area (TPSA) is 49.3 Å². The first-order valence-corrected chi connectivity index (χ1v) is 8.92. The first-order valence-electron chi connectivity index (χ1n) is 7.39. The minimum atomic E-state index is -0.757. The molecule has 0 aliphatic heterocycles. The van der Waals surface area contributed by atoms with Crippen molar-refractivity contribution >= 4 is 29.3 Å². The standard InChI is InChI=1S/C16H22ClNO2S/c1-2-9-18-16(15(19)20,13-5-6-13)11-21-10-12-3-7-14(17)8-4-12/h3-4,7-8,13,18H,2,5-6,9-11H2,1H3,(H,19,20). The van der Waals surface area contributed by atoms with E-state index in [0.717, 1.165) is 36.6 Å². The van der Waals surface area contributed by atoms with Crippen LogP contribution < -0.4 is 5.32 Å². The molecule has 2 rings (SSSR count). The second-order valence-electron chi connectivity index (χ2n) is 5.60. The predicted molar refractivity (Wildman–Crippen MR) is 89.0 cm³/mol. The van der Waals surface area contributed by atoms with Crippen molar-refractivity contribution in [3.63, 3.8) is 0 Å². The van der Waals surface area contributed by atoms with Gasteiger partial charge in [0, 0.05) is 16.5 Å². The Morgan fingerprint density at radius 2 is 2.10 bits per heavy atom. The van der Waals surface area contributed by atoms with Crippen molar-refractivity contribution in [1.82, 2.24) is 5.32 Å². The van der Waals surface area contributed by atoms with Crippen LogP contribution >= 0.6 is 23.4 Å². The molecule has 0 amide bonds. The molecule has 0 spiro atoms. The van der Waals surface area contributed by atoms with Crippen LogP contribution in [0.15, 0.2) is 24.3 Å². The minimum absolute atomic E-state index is 0.277. The summed E-state index contributed by atoms with van der Waals surface area (Å²) in [5.41, 5.74) is 0.419. The molecular formula is C16H22ClNO2S.